The van der Waals surface area contributed by atoms with Gasteiger partial charge in [-0.1, -0.05) is 30.3 Å². The Hall–Kier alpha value is -2.33. The van der Waals surface area contributed by atoms with Crippen molar-refractivity contribution in [2.45, 2.75) is 0 Å². The van der Waals surface area contributed by atoms with Crippen molar-refractivity contribution in [3.8, 4) is 5.75 Å². The Morgan fingerprint density at radius 1 is 1.00 bits per heavy atom. The first-order valence-electron chi connectivity index (χ1n) is 7.60. The standard InChI is InChI=1S/C18H21N3O/c1-22-17-9-7-16(8-10-17)20-18(15-5-3-2-4-6-15)21-13-11-19-12-14-21/h2-10,19H,11-14H2,1H3. The van der Waals surface area contributed by atoms with Crippen LogP contribution < -0.4 is 10.1 Å². The van der Waals surface area contributed by atoms with Gasteiger partial charge < -0.3 is 15.0 Å². The number of amidine groups is 1. The van der Waals surface area contributed by atoms with Crippen LogP contribution in [-0.4, -0.2) is 44.0 Å². The monoisotopic (exact) mass is 295 g/mol. The Labute approximate surface area is 131 Å². The van der Waals surface area contributed by atoms with Crippen molar-refractivity contribution in [1.82, 2.24) is 10.2 Å². The largest absolute Gasteiger partial charge is 0.497 e. The number of rotatable bonds is 3. The van der Waals surface area contributed by atoms with Crippen molar-refractivity contribution in [1.29, 1.82) is 0 Å². The van der Waals surface area contributed by atoms with Crippen LogP contribution in [0.5, 0.6) is 5.75 Å². The third-order valence-corrected chi connectivity index (χ3v) is 3.76. The molecule has 114 valence electrons. The van der Waals surface area contributed by atoms with E-state index in [1.54, 1.807) is 7.11 Å². The summed E-state index contributed by atoms with van der Waals surface area (Å²) < 4.78 is 5.21. The SMILES string of the molecule is COc1ccc(N=C(c2ccccc2)N2CCNCC2)cc1. The minimum absolute atomic E-state index is 0.849. The van der Waals surface area contributed by atoms with E-state index in [0.717, 1.165) is 49.0 Å². The van der Waals surface area contributed by atoms with Crippen LogP contribution in [0, 0.1) is 0 Å². The first-order valence-corrected chi connectivity index (χ1v) is 7.60. The van der Waals surface area contributed by atoms with Gasteiger partial charge in [0.25, 0.3) is 0 Å². The predicted molar refractivity (Wildman–Crippen MR) is 90.1 cm³/mol. The van der Waals surface area contributed by atoms with Gasteiger partial charge in [-0.2, -0.15) is 0 Å². The molecule has 2 aromatic rings. The second kappa shape index (κ2) is 7.09. The van der Waals surface area contributed by atoms with Gasteiger partial charge in [-0.25, -0.2) is 4.99 Å². The van der Waals surface area contributed by atoms with Gasteiger partial charge in [-0.05, 0) is 24.3 Å². The van der Waals surface area contributed by atoms with Gasteiger partial charge >= 0.3 is 0 Å². The number of ether oxygens (including phenoxy) is 1. The summed E-state index contributed by atoms with van der Waals surface area (Å²) >= 11 is 0. The topological polar surface area (TPSA) is 36.9 Å². The maximum absolute atomic E-state index is 5.21. The first kappa shape index (κ1) is 14.6. The van der Waals surface area contributed by atoms with E-state index < -0.39 is 0 Å². The van der Waals surface area contributed by atoms with Crippen LogP contribution in [0.25, 0.3) is 0 Å². The van der Waals surface area contributed by atoms with Crippen LogP contribution in [0.1, 0.15) is 5.56 Å². The summed E-state index contributed by atoms with van der Waals surface area (Å²) in [6.45, 7) is 3.94. The lowest BCUT2D eigenvalue weighted by atomic mass is 10.1. The molecule has 1 N–H and O–H groups in total. The van der Waals surface area contributed by atoms with Crippen molar-refractivity contribution in [3.05, 3.63) is 60.2 Å². The fraction of sp³-hybridized carbons (Fsp3) is 0.278. The van der Waals surface area contributed by atoms with Gasteiger partial charge in [-0.3, -0.25) is 0 Å². The quantitative estimate of drug-likeness (QED) is 0.699. The van der Waals surface area contributed by atoms with Gasteiger partial charge in [0.15, 0.2) is 0 Å². The van der Waals surface area contributed by atoms with Crippen molar-refractivity contribution in [3.63, 3.8) is 0 Å². The van der Waals surface area contributed by atoms with Crippen LogP contribution in [0.15, 0.2) is 59.6 Å². The minimum atomic E-state index is 0.849. The van der Waals surface area contributed by atoms with Crippen molar-refractivity contribution >= 4 is 11.5 Å². The van der Waals surface area contributed by atoms with Crippen LogP contribution >= 0.6 is 0 Å². The first-order chi connectivity index (χ1) is 10.9. The molecule has 1 saturated heterocycles. The van der Waals surface area contributed by atoms with E-state index in [1.165, 1.54) is 0 Å². The highest BCUT2D eigenvalue weighted by atomic mass is 16.5. The Kier molecular flexibility index (Phi) is 4.71. The highest BCUT2D eigenvalue weighted by Gasteiger charge is 2.16. The van der Waals surface area contributed by atoms with E-state index in [2.05, 4.69) is 34.5 Å². The highest BCUT2D eigenvalue weighted by Crippen LogP contribution is 2.20. The number of hydrogen-bond acceptors (Lipinski definition) is 3. The molecule has 3 rings (SSSR count). The molecule has 0 radical (unpaired) electrons. The number of piperazine rings is 1. The predicted octanol–water partition coefficient (Wildman–Crippen LogP) is 2.68. The normalized spacial score (nSPS) is 15.7. The summed E-state index contributed by atoms with van der Waals surface area (Å²) in [5.74, 6) is 1.88. The molecular weight excluding hydrogens is 274 g/mol. The summed E-state index contributed by atoms with van der Waals surface area (Å²) in [5, 5.41) is 3.39. The lowest BCUT2D eigenvalue weighted by molar-refractivity contribution is 0.358. The Morgan fingerprint density at radius 2 is 1.68 bits per heavy atom. The summed E-state index contributed by atoms with van der Waals surface area (Å²) in [6, 6.07) is 18.2. The van der Waals surface area contributed by atoms with Gasteiger partial charge in [0, 0.05) is 31.7 Å². The molecule has 0 amide bonds. The number of nitrogens with one attached hydrogen (secondary N) is 1. The van der Waals surface area contributed by atoms with E-state index in [-0.39, 0.29) is 0 Å². The molecule has 1 fully saturated rings. The average molecular weight is 295 g/mol. The Bertz CT molecular complexity index is 617. The highest BCUT2D eigenvalue weighted by molar-refractivity contribution is 6.00. The Balaban J connectivity index is 1.94. The zero-order chi connectivity index (χ0) is 15.2. The number of methoxy groups -OCH3 is 1. The Morgan fingerprint density at radius 3 is 2.32 bits per heavy atom. The molecule has 0 aliphatic carbocycles. The molecule has 1 aliphatic rings. The average Bonchev–Trinajstić information content (AvgIpc) is 2.62. The van der Waals surface area contributed by atoms with Crippen molar-refractivity contribution < 1.29 is 4.74 Å². The van der Waals surface area contributed by atoms with Crippen molar-refractivity contribution in [2.75, 3.05) is 33.3 Å². The van der Waals surface area contributed by atoms with Crippen molar-refractivity contribution in [2.24, 2.45) is 4.99 Å². The molecule has 1 heterocycles. The summed E-state index contributed by atoms with van der Waals surface area (Å²) in [5.41, 5.74) is 2.10. The smallest absolute Gasteiger partial charge is 0.136 e. The number of hydrogen-bond donors (Lipinski definition) is 1. The zero-order valence-corrected chi connectivity index (χ0v) is 12.8. The van der Waals surface area contributed by atoms with E-state index >= 15 is 0 Å². The van der Waals surface area contributed by atoms with E-state index in [0.29, 0.717) is 0 Å². The van der Waals surface area contributed by atoms with Gasteiger partial charge in [0.2, 0.25) is 0 Å². The number of aliphatic imine (C=N–C) groups is 1. The molecule has 1 aliphatic heterocycles. The molecule has 0 unspecified atom stereocenters. The molecular formula is C18H21N3O. The van der Waals surface area contributed by atoms with E-state index in [9.17, 15) is 0 Å². The molecule has 4 nitrogen and oxygen atoms in total. The fourth-order valence-electron chi connectivity index (χ4n) is 2.56. The maximum Gasteiger partial charge on any atom is 0.136 e. The van der Waals surface area contributed by atoms with Crippen LogP contribution in [0.4, 0.5) is 5.69 Å². The minimum Gasteiger partial charge on any atom is -0.497 e. The lowest BCUT2D eigenvalue weighted by Gasteiger charge is -2.30. The lowest BCUT2D eigenvalue weighted by Crippen LogP contribution is -2.46. The molecule has 2 aromatic carbocycles. The third-order valence-electron chi connectivity index (χ3n) is 3.76. The molecule has 4 heteroatoms. The van der Waals surface area contributed by atoms with Crippen LogP contribution in [0.2, 0.25) is 0 Å². The molecule has 0 aromatic heterocycles. The molecule has 0 saturated carbocycles. The van der Waals surface area contributed by atoms with E-state index in [1.807, 2.05) is 30.3 Å². The van der Waals surface area contributed by atoms with Gasteiger partial charge in [0.05, 0.1) is 12.8 Å². The second-order valence-electron chi connectivity index (χ2n) is 5.24. The number of nitrogens with zero attached hydrogens (tertiary/aromatic N) is 2. The van der Waals surface area contributed by atoms with Gasteiger partial charge in [0.1, 0.15) is 11.6 Å². The third kappa shape index (κ3) is 3.46. The maximum atomic E-state index is 5.21. The second-order valence-corrected chi connectivity index (χ2v) is 5.24. The van der Waals surface area contributed by atoms with Crippen LogP contribution in [-0.2, 0) is 0 Å². The summed E-state index contributed by atoms with van der Waals surface area (Å²) in [4.78, 5) is 7.23. The summed E-state index contributed by atoms with van der Waals surface area (Å²) in [6.07, 6.45) is 0. The molecule has 0 atom stereocenters. The summed E-state index contributed by atoms with van der Waals surface area (Å²) in [7, 11) is 1.68. The van der Waals surface area contributed by atoms with E-state index in [4.69, 9.17) is 9.73 Å². The zero-order valence-electron chi connectivity index (χ0n) is 12.8. The molecule has 0 spiro atoms. The fourth-order valence-corrected chi connectivity index (χ4v) is 2.56. The molecule has 22 heavy (non-hydrogen) atoms. The van der Waals surface area contributed by atoms with Crippen LogP contribution in [0.3, 0.4) is 0 Å². The molecule has 0 bridgehead atoms. The number of benzene rings is 2. The van der Waals surface area contributed by atoms with Gasteiger partial charge in [-0.15, -0.1) is 0 Å².